The summed E-state index contributed by atoms with van der Waals surface area (Å²) in [5, 5.41) is 12.7. The maximum atomic E-state index is 10.7. The molecule has 0 saturated heterocycles. The highest BCUT2D eigenvalue weighted by Gasteiger charge is 2.40. The van der Waals surface area contributed by atoms with Crippen molar-refractivity contribution >= 4 is 11.3 Å². The maximum absolute atomic E-state index is 10.7. The van der Waals surface area contributed by atoms with E-state index in [4.69, 9.17) is 0 Å². The lowest BCUT2D eigenvalue weighted by Gasteiger charge is -2.40. The smallest absolute Gasteiger partial charge is 0.102 e. The minimum atomic E-state index is -0.550. The summed E-state index contributed by atoms with van der Waals surface area (Å²) in [6, 6.07) is 4.10. The van der Waals surface area contributed by atoms with Gasteiger partial charge in [-0.05, 0) is 36.1 Å². The Hall–Kier alpha value is -0.340. The summed E-state index contributed by atoms with van der Waals surface area (Å²) in [5.74, 6) is 1.05. The molecule has 1 N–H and O–H groups in total. The van der Waals surface area contributed by atoms with Gasteiger partial charge in [-0.15, -0.1) is 11.3 Å². The summed E-state index contributed by atoms with van der Waals surface area (Å²) in [5.41, 5.74) is -0.550. The van der Waals surface area contributed by atoms with Crippen molar-refractivity contribution < 1.29 is 5.11 Å². The summed E-state index contributed by atoms with van der Waals surface area (Å²) >= 11 is 1.68. The van der Waals surface area contributed by atoms with E-state index in [1.54, 1.807) is 11.3 Å². The van der Waals surface area contributed by atoms with Crippen molar-refractivity contribution in [2.75, 3.05) is 0 Å². The molecule has 3 unspecified atom stereocenters. The van der Waals surface area contributed by atoms with Crippen LogP contribution in [0, 0.1) is 11.8 Å². The Bertz CT molecular complexity index is 293. The third-order valence-electron chi connectivity index (χ3n) is 3.52. The molecule has 1 nitrogen and oxygen atoms in total. The molecule has 2 rings (SSSR count). The van der Waals surface area contributed by atoms with Crippen LogP contribution in [0.4, 0.5) is 0 Å². The fraction of sp³-hybridized carbons (Fsp3) is 0.667. The van der Waals surface area contributed by atoms with E-state index in [0.717, 1.165) is 17.7 Å². The summed E-state index contributed by atoms with van der Waals surface area (Å²) in [4.78, 5) is 1.15. The van der Waals surface area contributed by atoms with Crippen LogP contribution in [0.25, 0.3) is 0 Å². The fourth-order valence-electron chi connectivity index (χ4n) is 2.48. The third-order valence-corrected chi connectivity index (χ3v) is 4.55. The van der Waals surface area contributed by atoms with E-state index >= 15 is 0 Å². The van der Waals surface area contributed by atoms with Gasteiger partial charge in [0.2, 0.25) is 0 Å². The van der Waals surface area contributed by atoms with Gasteiger partial charge in [-0.1, -0.05) is 26.3 Å². The molecule has 1 aliphatic carbocycles. The zero-order valence-electron chi connectivity index (χ0n) is 8.86. The van der Waals surface area contributed by atoms with Crippen LogP contribution in [0.1, 0.15) is 38.0 Å². The van der Waals surface area contributed by atoms with Crippen molar-refractivity contribution in [3.63, 3.8) is 0 Å². The Morgan fingerprint density at radius 2 is 2.21 bits per heavy atom. The predicted octanol–water partition coefficient (Wildman–Crippen LogP) is 3.39. The van der Waals surface area contributed by atoms with Gasteiger partial charge in [0, 0.05) is 4.88 Å². The molecule has 0 aliphatic heterocycles. The van der Waals surface area contributed by atoms with Crippen LogP contribution in [0.15, 0.2) is 17.5 Å². The molecule has 0 amide bonds. The average Bonchev–Trinajstić information content (AvgIpc) is 2.65. The number of aliphatic hydroxyl groups is 1. The molecule has 3 atom stereocenters. The minimum Gasteiger partial charge on any atom is -0.384 e. The number of hydrogen-bond donors (Lipinski definition) is 1. The Labute approximate surface area is 89.8 Å². The summed E-state index contributed by atoms with van der Waals surface area (Å²) in [6.07, 6.45) is 3.33. The Balaban J connectivity index is 2.28. The number of rotatable bonds is 1. The second-order valence-electron chi connectivity index (χ2n) is 4.69. The van der Waals surface area contributed by atoms with Crippen molar-refractivity contribution in [3.8, 4) is 0 Å². The van der Waals surface area contributed by atoms with Crippen LogP contribution in [-0.4, -0.2) is 5.11 Å². The second-order valence-corrected chi connectivity index (χ2v) is 5.64. The molecule has 1 heterocycles. The molecule has 1 aliphatic rings. The molecule has 1 fully saturated rings. The lowest BCUT2D eigenvalue weighted by atomic mass is 9.71. The number of thiophene rings is 1. The van der Waals surface area contributed by atoms with Crippen LogP contribution < -0.4 is 0 Å². The van der Waals surface area contributed by atoms with Crippen LogP contribution in [0.5, 0.6) is 0 Å². The summed E-state index contributed by atoms with van der Waals surface area (Å²) in [6.45, 7) is 4.41. The van der Waals surface area contributed by atoms with Crippen molar-refractivity contribution in [1.82, 2.24) is 0 Å². The number of hydrogen-bond acceptors (Lipinski definition) is 2. The first-order valence-corrected chi connectivity index (χ1v) is 6.27. The normalized spacial score (nSPS) is 38.5. The first-order chi connectivity index (χ1) is 6.63. The summed E-state index contributed by atoms with van der Waals surface area (Å²) in [7, 11) is 0. The molecule has 0 radical (unpaired) electrons. The van der Waals surface area contributed by atoms with E-state index in [2.05, 4.69) is 25.3 Å². The molecule has 0 aromatic carbocycles. The van der Waals surface area contributed by atoms with E-state index in [1.807, 2.05) is 6.07 Å². The van der Waals surface area contributed by atoms with Gasteiger partial charge < -0.3 is 5.11 Å². The van der Waals surface area contributed by atoms with E-state index in [9.17, 15) is 5.11 Å². The van der Waals surface area contributed by atoms with E-state index in [1.165, 1.54) is 6.42 Å². The van der Waals surface area contributed by atoms with Crippen molar-refractivity contribution in [1.29, 1.82) is 0 Å². The van der Waals surface area contributed by atoms with Crippen LogP contribution in [-0.2, 0) is 5.60 Å². The molecular formula is C12H18OS. The van der Waals surface area contributed by atoms with Gasteiger partial charge in [-0.3, -0.25) is 0 Å². The largest absolute Gasteiger partial charge is 0.384 e. The minimum absolute atomic E-state index is 0.400. The Kier molecular flexibility index (Phi) is 2.67. The van der Waals surface area contributed by atoms with Gasteiger partial charge in [0.15, 0.2) is 0 Å². The molecule has 1 saturated carbocycles. The zero-order valence-corrected chi connectivity index (χ0v) is 9.68. The van der Waals surface area contributed by atoms with Gasteiger partial charge in [0.1, 0.15) is 5.60 Å². The van der Waals surface area contributed by atoms with Crippen molar-refractivity contribution in [2.45, 2.75) is 38.7 Å². The monoisotopic (exact) mass is 210 g/mol. The molecule has 78 valence electrons. The van der Waals surface area contributed by atoms with E-state index in [0.29, 0.717) is 11.8 Å². The van der Waals surface area contributed by atoms with Crippen LogP contribution >= 0.6 is 11.3 Å². The van der Waals surface area contributed by atoms with Gasteiger partial charge in [-0.2, -0.15) is 0 Å². The molecule has 0 spiro atoms. The Morgan fingerprint density at radius 3 is 2.86 bits per heavy atom. The fourth-order valence-corrected chi connectivity index (χ4v) is 3.43. The topological polar surface area (TPSA) is 20.2 Å². The van der Waals surface area contributed by atoms with Gasteiger partial charge in [0.25, 0.3) is 0 Å². The third kappa shape index (κ3) is 1.61. The van der Waals surface area contributed by atoms with Gasteiger partial charge >= 0.3 is 0 Å². The second kappa shape index (κ2) is 3.67. The van der Waals surface area contributed by atoms with Crippen LogP contribution in [0.2, 0.25) is 0 Å². The van der Waals surface area contributed by atoms with E-state index in [-0.39, 0.29) is 0 Å². The standard InChI is InChI=1S/C12H18OS/c1-9-5-6-10(2)12(13,8-9)11-4-3-7-14-11/h3-4,7,9-10,13H,5-6,8H2,1-2H3. The molecular weight excluding hydrogens is 192 g/mol. The lowest BCUT2D eigenvalue weighted by molar-refractivity contribution is -0.0597. The maximum Gasteiger partial charge on any atom is 0.102 e. The zero-order chi connectivity index (χ0) is 10.2. The highest BCUT2D eigenvalue weighted by atomic mass is 32.1. The molecule has 1 aromatic rings. The Morgan fingerprint density at radius 1 is 1.43 bits per heavy atom. The molecule has 14 heavy (non-hydrogen) atoms. The predicted molar refractivity (Wildman–Crippen MR) is 60.4 cm³/mol. The quantitative estimate of drug-likeness (QED) is 0.753. The van der Waals surface area contributed by atoms with E-state index < -0.39 is 5.60 Å². The van der Waals surface area contributed by atoms with Crippen LogP contribution in [0.3, 0.4) is 0 Å². The molecule has 1 aromatic heterocycles. The first-order valence-electron chi connectivity index (χ1n) is 5.39. The highest BCUT2D eigenvalue weighted by Crippen LogP contribution is 2.45. The van der Waals surface area contributed by atoms with Gasteiger partial charge in [0.05, 0.1) is 0 Å². The lowest BCUT2D eigenvalue weighted by Crippen LogP contribution is -2.38. The molecule has 0 bridgehead atoms. The first kappa shape index (κ1) is 10.2. The average molecular weight is 210 g/mol. The van der Waals surface area contributed by atoms with Gasteiger partial charge in [-0.25, -0.2) is 0 Å². The van der Waals surface area contributed by atoms with Crippen molar-refractivity contribution in [2.24, 2.45) is 11.8 Å². The SMILES string of the molecule is CC1CCC(C)C(O)(c2cccs2)C1. The summed E-state index contributed by atoms with van der Waals surface area (Å²) < 4.78 is 0. The highest BCUT2D eigenvalue weighted by molar-refractivity contribution is 7.10. The molecule has 2 heteroatoms. The van der Waals surface area contributed by atoms with Crippen molar-refractivity contribution in [3.05, 3.63) is 22.4 Å².